The predicted octanol–water partition coefficient (Wildman–Crippen LogP) is -2.09. The predicted molar refractivity (Wildman–Crippen MR) is 148 cm³/mol. The molecule has 1 rings (SSSR count). The fraction of sp³-hybridized carbons (Fsp3) is 0.520. The number of carboxylic acid groups (broad SMARTS) is 2. The average Bonchev–Trinajstić information content (AvgIpc) is 2.89. The van der Waals surface area contributed by atoms with Gasteiger partial charge in [0.1, 0.15) is 23.9 Å². The molecule has 0 radical (unpaired) electrons. The number of carboxylic acids is 2. The summed E-state index contributed by atoms with van der Waals surface area (Å²) in [4.78, 5) is 73.5. The van der Waals surface area contributed by atoms with Crippen LogP contribution in [0.2, 0.25) is 0 Å². The molecule has 228 valence electrons. The molecule has 0 spiro atoms. The molecule has 0 fully saturated rings. The van der Waals surface area contributed by atoms with Crippen molar-refractivity contribution in [3.05, 3.63) is 29.8 Å². The van der Waals surface area contributed by atoms with E-state index in [2.05, 4.69) is 21.3 Å². The SMILES string of the molecule is CSCC[C@H](NC(=O)[C@H](Cc1ccc(O)cc1)NC(=O)[C@H](C)NC(=O)[C@@H](N)CC(=O)O)C(=O)N[C@H](C(=O)O)[C@@H](C)O. The van der Waals surface area contributed by atoms with Crippen LogP contribution in [0.15, 0.2) is 24.3 Å². The maximum absolute atomic E-state index is 13.4. The number of nitrogens with one attached hydrogen (secondary N) is 4. The van der Waals surface area contributed by atoms with E-state index in [-0.39, 0.29) is 18.6 Å². The van der Waals surface area contributed by atoms with E-state index in [1.54, 1.807) is 6.26 Å². The minimum atomic E-state index is -1.62. The normalized spacial score (nSPS) is 15.2. The van der Waals surface area contributed by atoms with Crippen molar-refractivity contribution in [1.82, 2.24) is 21.3 Å². The van der Waals surface area contributed by atoms with E-state index in [4.69, 9.17) is 10.8 Å². The Labute approximate surface area is 240 Å². The largest absolute Gasteiger partial charge is 0.508 e. The summed E-state index contributed by atoms with van der Waals surface area (Å²) in [6.45, 7) is 2.49. The number of aliphatic carboxylic acids is 2. The standard InChI is InChI=1S/C25H37N5O10S/c1-12(27-22(36)16(26)11-19(33)34)21(35)29-18(10-14-4-6-15(32)7-5-14)24(38)28-17(8-9-41-3)23(37)30-20(13(2)31)25(39)40/h4-7,12-13,16-18,20,31-32H,8-11,26H2,1-3H3,(H,27,36)(H,28,38)(H,29,35)(H,30,37)(H,33,34)(H,39,40)/t12-,13+,16-,17-,18-,20-/m0/s1. The summed E-state index contributed by atoms with van der Waals surface area (Å²) in [6, 6.07) is -1.02. The van der Waals surface area contributed by atoms with Crippen molar-refractivity contribution in [3.8, 4) is 5.75 Å². The molecule has 0 saturated carbocycles. The summed E-state index contributed by atoms with van der Waals surface area (Å²) in [6.07, 6.45) is -0.324. The zero-order chi connectivity index (χ0) is 31.3. The lowest BCUT2D eigenvalue weighted by molar-refractivity contribution is -0.145. The molecular weight excluding hydrogens is 562 g/mol. The minimum absolute atomic E-state index is 0.0345. The summed E-state index contributed by atoms with van der Waals surface area (Å²) in [5, 5.41) is 46.9. The number of phenolic OH excluding ortho intramolecular Hbond substituents is 1. The number of phenols is 1. The van der Waals surface area contributed by atoms with Gasteiger partial charge >= 0.3 is 11.9 Å². The summed E-state index contributed by atoms with van der Waals surface area (Å²) in [5.74, 6) is -5.79. The zero-order valence-electron chi connectivity index (χ0n) is 22.8. The lowest BCUT2D eigenvalue weighted by atomic mass is 10.0. The molecule has 6 atom stereocenters. The highest BCUT2D eigenvalue weighted by atomic mass is 32.2. The second-order valence-corrected chi connectivity index (χ2v) is 10.3. The van der Waals surface area contributed by atoms with Crippen LogP contribution < -0.4 is 27.0 Å². The van der Waals surface area contributed by atoms with Gasteiger partial charge in [-0.05, 0) is 50.0 Å². The van der Waals surface area contributed by atoms with Crippen LogP contribution >= 0.6 is 11.8 Å². The van der Waals surface area contributed by atoms with Crippen molar-refractivity contribution in [3.63, 3.8) is 0 Å². The van der Waals surface area contributed by atoms with Crippen molar-refractivity contribution in [2.45, 2.75) is 69.4 Å². The van der Waals surface area contributed by atoms with Gasteiger partial charge in [-0.1, -0.05) is 12.1 Å². The van der Waals surface area contributed by atoms with Gasteiger partial charge in [-0.3, -0.25) is 24.0 Å². The second-order valence-electron chi connectivity index (χ2n) is 9.27. The molecule has 0 aliphatic carbocycles. The van der Waals surface area contributed by atoms with E-state index in [9.17, 15) is 44.1 Å². The summed E-state index contributed by atoms with van der Waals surface area (Å²) >= 11 is 1.37. The van der Waals surface area contributed by atoms with Crippen LogP contribution in [0.5, 0.6) is 5.75 Å². The Morgan fingerprint density at radius 3 is 1.93 bits per heavy atom. The molecule has 0 aliphatic rings. The molecule has 16 heteroatoms. The number of carbonyl (C=O) groups is 6. The lowest BCUT2D eigenvalue weighted by Crippen LogP contribution is -2.59. The van der Waals surface area contributed by atoms with Crippen molar-refractivity contribution in [2.75, 3.05) is 12.0 Å². The number of rotatable bonds is 17. The molecule has 41 heavy (non-hydrogen) atoms. The quantitative estimate of drug-likeness (QED) is 0.0934. The van der Waals surface area contributed by atoms with Crippen LogP contribution in [0.25, 0.3) is 0 Å². The Morgan fingerprint density at radius 2 is 1.41 bits per heavy atom. The third kappa shape index (κ3) is 12.4. The first-order valence-corrected chi connectivity index (χ1v) is 13.9. The van der Waals surface area contributed by atoms with E-state index in [1.807, 2.05) is 0 Å². The van der Waals surface area contributed by atoms with Crippen molar-refractivity contribution in [1.29, 1.82) is 0 Å². The van der Waals surface area contributed by atoms with Gasteiger partial charge < -0.3 is 47.4 Å². The summed E-state index contributed by atoms with van der Waals surface area (Å²) in [7, 11) is 0. The van der Waals surface area contributed by atoms with Crippen LogP contribution in [0.4, 0.5) is 0 Å². The van der Waals surface area contributed by atoms with E-state index in [0.717, 1.165) is 0 Å². The zero-order valence-corrected chi connectivity index (χ0v) is 23.6. The average molecular weight is 600 g/mol. The fourth-order valence-corrected chi connectivity index (χ4v) is 3.93. The van der Waals surface area contributed by atoms with Crippen LogP contribution in [0, 0.1) is 0 Å². The fourth-order valence-electron chi connectivity index (χ4n) is 3.46. The van der Waals surface area contributed by atoms with Crippen molar-refractivity contribution < 1.29 is 49.2 Å². The maximum Gasteiger partial charge on any atom is 0.328 e. The van der Waals surface area contributed by atoms with E-state index >= 15 is 0 Å². The minimum Gasteiger partial charge on any atom is -0.508 e. The molecule has 0 aromatic heterocycles. The molecule has 1 aromatic carbocycles. The van der Waals surface area contributed by atoms with E-state index in [0.29, 0.717) is 11.3 Å². The molecule has 0 bridgehead atoms. The van der Waals surface area contributed by atoms with E-state index < -0.39 is 78.3 Å². The first kappa shape index (κ1) is 35.1. The van der Waals surface area contributed by atoms with Crippen LogP contribution in [-0.4, -0.2) is 104 Å². The summed E-state index contributed by atoms with van der Waals surface area (Å²) < 4.78 is 0. The first-order chi connectivity index (χ1) is 19.2. The molecule has 10 N–H and O–H groups in total. The number of carbonyl (C=O) groups excluding carboxylic acids is 4. The Kier molecular flexibility index (Phi) is 14.6. The molecule has 0 unspecified atom stereocenters. The number of nitrogens with two attached hydrogens (primary N) is 1. The van der Waals surface area contributed by atoms with Gasteiger partial charge in [-0.2, -0.15) is 11.8 Å². The van der Waals surface area contributed by atoms with Gasteiger partial charge in [-0.15, -0.1) is 0 Å². The highest BCUT2D eigenvalue weighted by Gasteiger charge is 2.32. The molecule has 4 amide bonds. The molecule has 15 nitrogen and oxygen atoms in total. The second kappa shape index (κ2) is 17.0. The van der Waals surface area contributed by atoms with Gasteiger partial charge in [0, 0.05) is 6.42 Å². The number of thioether (sulfide) groups is 1. The Morgan fingerprint density at radius 1 is 0.854 bits per heavy atom. The third-order valence-electron chi connectivity index (χ3n) is 5.78. The van der Waals surface area contributed by atoms with Gasteiger partial charge in [0.15, 0.2) is 6.04 Å². The number of hydrogen-bond acceptors (Lipinski definition) is 10. The number of benzene rings is 1. The Hall–Kier alpha value is -3.89. The molecule has 0 saturated heterocycles. The number of aliphatic hydroxyl groups is 1. The molecule has 0 aliphatic heterocycles. The van der Waals surface area contributed by atoms with Crippen molar-refractivity contribution >= 4 is 47.3 Å². The summed E-state index contributed by atoms with van der Waals surface area (Å²) in [5.41, 5.74) is 6.05. The van der Waals surface area contributed by atoms with Gasteiger partial charge in [0.05, 0.1) is 18.6 Å². The van der Waals surface area contributed by atoms with Crippen molar-refractivity contribution in [2.24, 2.45) is 5.73 Å². The number of amides is 4. The highest BCUT2D eigenvalue weighted by Crippen LogP contribution is 2.12. The molecular formula is C25H37N5O10S. The smallest absolute Gasteiger partial charge is 0.328 e. The van der Waals surface area contributed by atoms with Crippen LogP contribution in [0.1, 0.15) is 32.3 Å². The first-order valence-electron chi connectivity index (χ1n) is 12.5. The van der Waals surface area contributed by atoms with E-state index in [1.165, 1.54) is 49.9 Å². The topological polar surface area (TPSA) is 257 Å². The van der Waals surface area contributed by atoms with Crippen LogP contribution in [0.3, 0.4) is 0 Å². The molecule has 0 heterocycles. The third-order valence-corrected chi connectivity index (χ3v) is 6.43. The Bertz CT molecular complexity index is 1090. The highest BCUT2D eigenvalue weighted by molar-refractivity contribution is 7.98. The lowest BCUT2D eigenvalue weighted by Gasteiger charge is -2.26. The number of aromatic hydroxyl groups is 1. The Balaban J connectivity index is 3.14. The monoisotopic (exact) mass is 599 g/mol. The van der Waals surface area contributed by atoms with Gasteiger partial charge in [0.2, 0.25) is 23.6 Å². The number of hydrogen-bond donors (Lipinski definition) is 9. The maximum atomic E-state index is 13.4. The molecule has 1 aromatic rings. The van der Waals surface area contributed by atoms with Gasteiger partial charge in [0.25, 0.3) is 0 Å². The van der Waals surface area contributed by atoms with Crippen LogP contribution in [-0.2, 0) is 35.2 Å². The van der Waals surface area contributed by atoms with Gasteiger partial charge in [-0.25, -0.2) is 4.79 Å². The number of aliphatic hydroxyl groups excluding tert-OH is 1.